The average Bonchev–Trinajstić information content (AvgIpc) is 2.20. The Kier molecular flexibility index (Phi) is 3.08. The Morgan fingerprint density at radius 2 is 1.87 bits per heavy atom. The molecule has 0 aliphatic heterocycles. The molecule has 0 N–H and O–H groups in total. The topological polar surface area (TPSA) is 12.9 Å². The lowest BCUT2D eigenvalue weighted by Gasteiger charge is -2.06. The quantitative estimate of drug-likeness (QED) is 0.613. The summed E-state index contributed by atoms with van der Waals surface area (Å²) in [6, 6.07) is 1.40. The summed E-state index contributed by atoms with van der Waals surface area (Å²) in [5.74, 6) is -0.671. The molecule has 2 rings (SSSR count). The lowest BCUT2D eigenvalue weighted by atomic mass is 10.2. The highest BCUT2D eigenvalue weighted by Crippen LogP contribution is 2.38. The molecule has 1 heterocycles. The minimum absolute atomic E-state index is 0.0609. The molecule has 0 amide bonds. The van der Waals surface area contributed by atoms with Gasteiger partial charge in [-0.2, -0.15) is 0 Å². The van der Waals surface area contributed by atoms with Crippen LogP contribution in [0.15, 0.2) is 16.7 Å². The molecule has 1 nitrogen and oxygen atoms in total. The fourth-order valence-corrected chi connectivity index (χ4v) is 2.50. The molecule has 15 heavy (non-hydrogen) atoms. The van der Waals surface area contributed by atoms with Crippen LogP contribution in [-0.2, 0) is 0 Å². The first-order valence-corrected chi connectivity index (χ1v) is 5.72. The predicted molar refractivity (Wildman–Crippen MR) is 64.4 cm³/mol. The van der Waals surface area contributed by atoms with Gasteiger partial charge < -0.3 is 0 Å². The maximum absolute atomic E-state index is 13.4. The van der Waals surface area contributed by atoms with Crippen molar-refractivity contribution in [3.63, 3.8) is 0 Å². The number of hydrogen-bond acceptors (Lipinski definition) is 1. The summed E-state index contributed by atoms with van der Waals surface area (Å²) < 4.78 is 13.9. The van der Waals surface area contributed by atoms with Crippen molar-refractivity contribution in [3.05, 3.63) is 37.6 Å². The van der Waals surface area contributed by atoms with E-state index in [2.05, 4.69) is 20.9 Å². The molecule has 78 valence electrons. The van der Waals surface area contributed by atoms with Crippen molar-refractivity contribution in [1.29, 1.82) is 0 Å². The number of aromatic nitrogens is 1. The van der Waals surface area contributed by atoms with Gasteiger partial charge in [0.05, 0.1) is 20.6 Å². The van der Waals surface area contributed by atoms with E-state index in [1.165, 1.54) is 12.3 Å². The van der Waals surface area contributed by atoms with Gasteiger partial charge in [-0.3, -0.25) is 4.98 Å². The zero-order chi connectivity index (χ0) is 11.2. The normalized spacial score (nSPS) is 11.0. The maximum atomic E-state index is 13.4. The third-order valence-electron chi connectivity index (χ3n) is 1.89. The molecule has 0 bridgehead atoms. The number of hydrogen-bond donors (Lipinski definition) is 0. The monoisotopic (exact) mass is 327 g/mol. The van der Waals surface area contributed by atoms with E-state index < -0.39 is 5.82 Å². The highest BCUT2D eigenvalue weighted by Gasteiger charge is 2.15. The van der Waals surface area contributed by atoms with Crippen molar-refractivity contribution >= 4 is 61.6 Å². The summed E-state index contributed by atoms with van der Waals surface area (Å²) in [6.07, 6.45) is 1.44. The first-order valence-electron chi connectivity index (χ1n) is 3.79. The molecule has 0 aliphatic carbocycles. The summed E-state index contributed by atoms with van der Waals surface area (Å²) in [7, 11) is 0. The average molecular weight is 329 g/mol. The van der Waals surface area contributed by atoms with Crippen molar-refractivity contribution in [2.45, 2.75) is 0 Å². The van der Waals surface area contributed by atoms with Gasteiger partial charge in [-0.05, 0) is 22.0 Å². The minimum atomic E-state index is -0.671. The zero-order valence-corrected chi connectivity index (χ0v) is 10.8. The van der Waals surface area contributed by atoms with Crippen molar-refractivity contribution in [1.82, 2.24) is 4.98 Å². The Hall–Kier alpha value is -0.0900. The van der Waals surface area contributed by atoms with Gasteiger partial charge in [-0.25, -0.2) is 4.39 Å². The van der Waals surface area contributed by atoms with E-state index in [4.69, 9.17) is 34.8 Å². The molecule has 1 aromatic heterocycles. The van der Waals surface area contributed by atoms with Crippen LogP contribution in [-0.4, -0.2) is 4.98 Å². The summed E-state index contributed by atoms with van der Waals surface area (Å²) >= 11 is 20.5. The smallest absolute Gasteiger partial charge is 0.161 e. The molecule has 0 atom stereocenters. The van der Waals surface area contributed by atoms with Gasteiger partial charge >= 0.3 is 0 Å². The zero-order valence-electron chi connectivity index (χ0n) is 6.99. The van der Waals surface area contributed by atoms with Crippen LogP contribution in [0, 0.1) is 5.82 Å². The van der Waals surface area contributed by atoms with Crippen LogP contribution in [0.4, 0.5) is 4.39 Å². The molecule has 0 saturated carbocycles. The largest absolute Gasteiger partial charge is 0.255 e. The predicted octanol–water partition coefficient (Wildman–Crippen LogP) is 5.10. The van der Waals surface area contributed by atoms with Crippen LogP contribution in [0.2, 0.25) is 15.1 Å². The molecule has 2 aromatic rings. The van der Waals surface area contributed by atoms with Gasteiger partial charge in [0.15, 0.2) is 5.82 Å². The van der Waals surface area contributed by atoms with Crippen molar-refractivity contribution in [3.8, 4) is 0 Å². The Morgan fingerprint density at radius 1 is 1.20 bits per heavy atom. The van der Waals surface area contributed by atoms with E-state index in [9.17, 15) is 4.39 Å². The number of rotatable bonds is 0. The molecule has 1 aromatic carbocycles. The van der Waals surface area contributed by atoms with E-state index in [0.717, 1.165) is 0 Å². The second-order valence-corrected chi connectivity index (χ2v) is 4.79. The first-order chi connectivity index (χ1) is 7.02. The second-order valence-electron chi connectivity index (χ2n) is 2.80. The fraction of sp³-hybridized carbons (Fsp3) is 0. The number of nitrogens with zero attached hydrogens (tertiary/aromatic N) is 1. The summed E-state index contributed by atoms with van der Waals surface area (Å²) in [5.41, 5.74) is 0.489. The maximum Gasteiger partial charge on any atom is 0.161 e. The van der Waals surface area contributed by atoms with Crippen molar-refractivity contribution < 1.29 is 4.39 Å². The highest BCUT2D eigenvalue weighted by molar-refractivity contribution is 9.10. The highest BCUT2D eigenvalue weighted by atomic mass is 79.9. The number of benzene rings is 1. The minimum Gasteiger partial charge on any atom is -0.255 e. The molecular weight excluding hydrogens is 327 g/mol. The summed E-state index contributed by atoms with van der Waals surface area (Å²) in [6.45, 7) is 0. The van der Waals surface area contributed by atoms with Crippen molar-refractivity contribution in [2.24, 2.45) is 0 Å². The second kappa shape index (κ2) is 4.06. The van der Waals surface area contributed by atoms with Crippen LogP contribution >= 0.6 is 50.7 Å². The van der Waals surface area contributed by atoms with Crippen LogP contribution in [0.5, 0.6) is 0 Å². The fourth-order valence-electron chi connectivity index (χ4n) is 1.20. The van der Waals surface area contributed by atoms with Gasteiger partial charge in [0.25, 0.3) is 0 Å². The van der Waals surface area contributed by atoms with Gasteiger partial charge in [0.1, 0.15) is 0 Å². The Bertz CT molecular complexity index is 559. The van der Waals surface area contributed by atoms with E-state index >= 15 is 0 Å². The van der Waals surface area contributed by atoms with E-state index in [0.29, 0.717) is 20.4 Å². The molecule has 0 fully saturated rings. The van der Waals surface area contributed by atoms with E-state index in [-0.39, 0.29) is 10.0 Å². The molecule has 0 radical (unpaired) electrons. The van der Waals surface area contributed by atoms with Gasteiger partial charge in [-0.15, -0.1) is 0 Å². The van der Waals surface area contributed by atoms with Gasteiger partial charge in [0.2, 0.25) is 0 Å². The van der Waals surface area contributed by atoms with Crippen LogP contribution in [0.25, 0.3) is 10.9 Å². The summed E-state index contributed by atoms with van der Waals surface area (Å²) in [4.78, 5) is 4.01. The van der Waals surface area contributed by atoms with Crippen molar-refractivity contribution in [2.75, 3.05) is 0 Å². The lowest BCUT2D eigenvalue weighted by molar-refractivity contribution is 0.630. The Labute approximate surface area is 108 Å². The molecule has 6 heteroatoms. The standard InChI is InChI=1S/C9H2BrCl3FN/c10-7-4(12)2-15-5-1-3(11)9(14)8(13)6(5)7/h1-2H. The van der Waals surface area contributed by atoms with Crippen LogP contribution < -0.4 is 0 Å². The molecular formula is C9H2BrCl3FN. The Balaban J connectivity index is 3.00. The molecule has 0 spiro atoms. The molecule has 0 unspecified atom stereocenters. The molecule has 0 saturated heterocycles. The van der Waals surface area contributed by atoms with Crippen LogP contribution in [0.1, 0.15) is 0 Å². The first kappa shape index (κ1) is 11.4. The summed E-state index contributed by atoms with van der Waals surface area (Å²) in [5, 5.41) is 0.644. The van der Waals surface area contributed by atoms with E-state index in [1.807, 2.05) is 0 Å². The third kappa shape index (κ3) is 1.82. The van der Waals surface area contributed by atoms with Crippen LogP contribution in [0.3, 0.4) is 0 Å². The third-order valence-corrected chi connectivity index (χ3v) is 3.86. The number of fused-ring (bicyclic) bond motifs is 1. The number of halogens is 5. The SMILES string of the molecule is Fc1c(Cl)cc2ncc(Cl)c(Br)c2c1Cl. The number of pyridine rings is 1. The van der Waals surface area contributed by atoms with Gasteiger partial charge in [-0.1, -0.05) is 34.8 Å². The Morgan fingerprint density at radius 3 is 2.53 bits per heavy atom. The van der Waals surface area contributed by atoms with E-state index in [1.54, 1.807) is 0 Å². The molecule has 0 aliphatic rings. The lowest BCUT2D eigenvalue weighted by Crippen LogP contribution is -1.87. The van der Waals surface area contributed by atoms with Gasteiger partial charge in [0, 0.05) is 16.1 Å².